The molecule has 1 N–H and O–H groups in total. The summed E-state index contributed by atoms with van der Waals surface area (Å²) < 4.78 is 0. The van der Waals surface area contributed by atoms with Gasteiger partial charge in [-0.1, -0.05) is 0 Å². The molecule has 0 atom stereocenters. The summed E-state index contributed by atoms with van der Waals surface area (Å²) in [5, 5.41) is 5.02. The number of hydrogen-bond acceptors (Lipinski definition) is 2. The van der Waals surface area contributed by atoms with Crippen molar-refractivity contribution in [3.63, 3.8) is 0 Å². The Balaban J connectivity index is 2.36. The van der Waals surface area contributed by atoms with Gasteiger partial charge in [-0.2, -0.15) is 0 Å². The number of aryl methyl sites for hydroxylation is 1. The number of carbonyl (C=O) groups excluding carboxylic acids is 1. The Hall–Kier alpha value is -0.830. The first-order chi connectivity index (χ1) is 6.08. The molecule has 13 heavy (non-hydrogen) atoms. The second-order valence-corrected chi connectivity index (χ2v) is 5.03. The molecule has 0 aliphatic carbocycles. The minimum absolute atomic E-state index is 0.0597. The van der Waals surface area contributed by atoms with E-state index in [9.17, 15) is 4.79 Å². The van der Waals surface area contributed by atoms with Gasteiger partial charge in [-0.15, -0.1) is 11.3 Å². The number of rotatable bonds is 0. The van der Waals surface area contributed by atoms with Gasteiger partial charge < -0.3 is 5.32 Å². The molecular weight excluding hydrogens is 182 g/mol. The summed E-state index contributed by atoms with van der Waals surface area (Å²) in [5.41, 5.74) is 1.14. The van der Waals surface area contributed by atoms with Gasteiger partial charge in [0.1, 0.15) is 0 Å². The summed E-state index contributed by atoms with van der Waals surface area (Å²) in [6, 6.07) is 2.06. The van der Waals surface area contributed by atoms with Crippen LogP contribution in [0.1, 0.15) is 35.5 Å². The predicted molar refractivity (Wildman–Crippen MR) is 54.2 cm³/mol. The van der Waals surface area contributed by atoms with E-state index in [0.29, 0.717) is 0 Å². The zero-order chi connectivity index (χ0) is 9.47. The van der Waals surface area contributed by atoms with Crippen LogP contribution in [0.3, 0.4) is 0 Å². The van der Waals surface area contributed by atoms with Crippen LogP contribution in [0.15, 0.2) is 11.4 Å². The SMILES string of the molecule is CC1(C)CCc2ccsc2C(=O)N1. The largest absolute Gasteiger partial charge is 0.346 e. The molecule has 1 aliphatic heterocycles. The Labute approximate surface area is 82.0 Å². The molecule has 1 aromatic heterocycles. The molecule has 1 aliphatic rings. The van der Waals surface area contributed by atoms with Crippen molar-refractivity contribution in [2.24, 2.45) is 0 Å². The molecule has 70 valence electrons. The van der Waals surface area contributed by atoms with Crippen LogP contribution >= 0.6 is 11.3 Å². The summed E-state index contributed by atoms with van der Waals surface area (Å²) in [5.74, 6) is 0.0903. The highest BCUT2D eigenvalue weighted by Gasteiger charge is 2.27. The second kappa shape index (κ2) is 2.84. The lowest BCUT2D eigenvalue weighted by molar-refractivity contribution is 0.0920. The Kier molecular flexibility index (Phi) is 1.91. The van der Waals surface area contributed by atoms with Crippen LogP contribution < -0.4 is 5.32 Å². The molecule has 3 heteroatoms. The third-order valence-corrected chi connectivity index (χ3v) is 3.38. The first-order valence-corrected chi connectivity index (χ1v) is 5.35. The third-order valence-electron chi connectivity index (χ3n) is 2.42. The van der Waals surface area contributed by atoms with Crippen molar-refractivity contribution < 1.29 is 4.79 Å². The van der Waals surface area contributed by atoms with Crippen LogP contribution in [0.25, 0.3) is 0 Å². The first-order valence-electron chi connectivity index (χ1n) is 4.47. The average molecular weight is 195 g/mol. The summed E-state index contributed by atoms with van der Waals surface area (Å²) in [7, 11) is 0. The van der Waals surface area contributed by atoms with E-state index in [2.05, 4.69) is 25.2 Å². The van der Waals surface area contributed by atoms with Crippen molar-refractivity contribution in [1.29, 1.82) is 0 Å². The molecule has 2 nitrogen and oxygen atoms in total. The molecule has 2 rings (SSSR count). The van der Waals surface area contributed by atoms with Crippen molar-refractivity contribution in [2.75, 3.05) is 0 Å². The number of carbonyl (C=O) groups is 1. The van der Waals surface area contributed by atoms with Crippen LogP contribution in [0.4, 0.5) is 0 Å². The fraction of sp³-hybridized carbons (Fsp3) is 0.500. The van der Waals surface area contributed by atoms with Gasteiger partial charge >= 0.3 is 0 Å². The summed E-state index contributed by atoms with van der Waals surface area (Å²) in [4.78, 5) is 12.6. The molecular formula is C10H13NOS. The van der Waals surface area contributed by atoms with Crippen molar-refractivity contribution in [1.82, 2.24) is 5.32 Å². The van der Waals surface area contributed by atoms with Crippen molar-refractivity contribution in [3.05, 3.63) is 21.9 Å². The van der Waals surface area contributed by atoms with Gasteiger partial charge in [0.05, 0.1) is 4.88 Å². The molecule has 1 amide bonds. The van der Waals surface area contributed by atoms with Crippen LogP contribution in [0.5, 0.6) is 0 Å². The van der Waals surface area contributed by atoms with Crippen LogP contribution in [-0.2, 0) is 6.42 Å². The highest BCUT2D eigenvalue weighted by Crippen LogP contribution is 2.25. The highest BCUT2D eigenvalue weighted by molar-refractivity contribution is 7.12. The lowest BCUT2D eigenvalue weighted by Gasteiger charge is -2.23. The standard InChI is InChI=1S/C10H13NOS/c1-10(2)5-3-7-4-6-13-8(7)9(12)11-10/h4,6H,3,5H2,1-2H3,(H,11,12). The Bertz CT molecular complexity index is 340. The molecule has 0 radical (unpaired) electrons. The number of nitrogens with one attached hydrogen (secondary N) is 1. The van der Waals surface area contributed by atoms with Gasteiger partial charge in [-0.25, -0.2) is 0 Å². The van der Waals surface area contributed by atoms with E-state index in [1.165, 1.54) is 16.9 Å². The zero-order valence-corrected chi connectivity index (χ0v) is 8.70. The zero-order valence-electron chi connectivity index (χ0n) is 7.89. The molecule has 1 aromatic rings. The number of amides is 1. The van der Waals surface area contributed by atoms with Crippen LogP contribution in [-0.4, -0.2) is 11.4 Å². The van der Waals surface area contributed by atoms with Gasteiger partial charge in [0.15, 0.2) is 0 Å². The minimum Gasteiger partial charge on any atom is -0.346 e. The fourth-order valence-corrected chi connectivity index (χ4v) is 2.45. The minimum atomic E-state index is -0.0597. The van der Waals surface area contributed by atoms with Gasteiger partial charge in [0.2, 0.25) is 0 Å². The molecule has 0 saturated heterocycles. The maximum atomic E-state index is 11.7. The van der Waals surface area contributed by atoms with Gasteiger partial charge in [0, 0.05) is 5.54 Å². The molecule has 0 saturated carbocycles. The van der Waals surface area contributed by atoms with Crippen LogP contribution in [0, 0.1) is 0 Å². The lowest BCUT2D eigenvalue weighted by atomic mass is 9.98. The normalized spacial score (nSPS) is 20.3. The molecule has 0 fully saturated rings. The van der Waals surface area contributed by atoms with E-state index in [1.807, 2.05) is 5.38 Å². The molecule has 0 bridgehead atoms. The number of fused-ring (bicyclic) bond motifs is 1. The monoisotopic (exact) mass is 195 g/mol. The summed E-state index contributed by atoms with van der Waals surface area (Å²) in [6.07, 6.45) is 2.02. The van der Waals surface area contributed by atoms with Gasteiger partial charge in [0.25, 0.3) is 5.91 Å². The number of hydrogen-bond donors (Lipinski definition) is 1. The van der Waals surface area contributed by atoms with Crippen molar-refractivity contribution >= 4 is 17.2 Å². The van der Waals surface area contributed by atoms with E-state index in [-0.39, 0.29) is 11.4 Å². The smallest absolute Gasteiger partial charge is 0.262 e. The second-order valence-electron chi connectivity index (χ2n) is 4.11. The van der Waals surface area contributed by atoms with E-state index in [4.69, 9.17) is 0 Å². The Morgan fingerprint density at radius 2 is 2.31 bits per heavy atom. The molecule has 2 heterocycles. The van der Waals surface area contributed by atoms with E-state index >= 15 is 0 Å². The number of thiophene rings is 1. The lowest BCUT2D eigenvalue weighted by Crippen LogP contribution is -2.41. The molecule has 0 aromatic carbocycles. The van der Waals surface area contributed by atoms with E-state index < -0.39 is 0 Å². The fourth-order valence-electron chi connectivity index (χ4n) is 1.61. The van der Waals surface area contributed by atoms with Crippen LogP contribution in [0.2, 0.25) is 0 Å². The van der Waals surface area contributed by atoms with Gasteiger partial charge in [-0.05, 0) is 43.7 Å². The first kappa shape index (κ1) is 8.75. The van der Waals surface area contributed by atoms with Gasteiger partial charge in [-0.3, -0.25) is 4.79 Å². The highest BCUT2D eigenvalue weighted by atomic mass is 32.1. The third kappa shape index (κ3) is 1.61. The predicted octanol–water partition coefficient (Wildman–Crippen LogP) is 2.20. The van der Waals surface area contributed by atoms with E-state index in [1.54, 1.807) is 0 Å². The average Bonchev–Trinajstić information content (AvgIpc) is 2.43. The Morgan fingerprint density at radius 1 is 1.54 bits per heavy atom. The van der Waals surface area contributed by atoms with E-state index in [0.717, 1.165) is 17.7 Å². The maximum Gasteiger partial charge on any atom is 0.262 e. The summed E-state index contributed by atoms with van der Waals surface area (Å²) >= 11 is 1.54. The summed E-state index contributed by atoms with van der Waals surface area (Å²) in [6.45, 7) is 4.14. The molecule has 0 spiro atoms. The topological polar surface area (TPSA) is 29.1 Å². The van der Waals surface area contributed by atoms with Crippen molar-refractivity contribution in [2.45, 2.75) is 32.2 Å². The molecule has 0 unspecified atom stereocenters. The quantitative estimate of drug-likeness (QED) is 0.675. The maximum absolute atomic E-state index is 11.7. The van der Waals surface area contributed by atoms with Crippen molar-refractivity contribution in [3.8, 4) is 0 Å². The Morgan fingerprint density at radius 3 is 3.08 bits per heavy atom.